The topological polar surface area (TPSA) is 73.6 Å². The van der Waals surface area contributed by atoms with Crippen molar-refractivity contribution in [2.24, 2.45) is 23.2 Å². The van der Waals surface area contributed by atoms with Gasteiger partial charge in [-0.25, -0.2) is 4.98 Å². The lowest BCUT2D eigenvalue weighted by atomic mass is 9.61. The number of fused-ring (bicyclic) bond motifs is 1. The third kappa shape index (κ3) is 4.73. The zero-order valence-corrected chi connectivity index (χ0v) is 22.9. The summed E-state index contributed by atoms with van der Waals surface area (Å²) in [6, 6.07) is 0. The van der Waals surface area contributed by atoms with Gasteiger partial charge in [0.2, 0.25) is 0 Å². The van der Waals surface area contributed by atoms with Gasteiger partial charge in [0.15, 0.2) is 0 Å². The number of hydrogen-bond acceptors (Lipinski definition) is 5. The predicted molar refractivity (Wildman–Crippen MR) is 147 cm³/mol. The van der Waals surface area contributed by atoms with Crippen LogP contribution in [-0.2, 0) is 5.41 Å². The molecule has 1 aromatic heterocycles. The Morgan fingerprint density at radius 1 is 1.17 bits per heavy atom. The number of allylic oxidation sites excluding steroid dienone is 4. The van der Waals surface area contributed by atoms with Crippen molar-refractivity contribution >= 4 is 11.3 Å². The van der Waals surface area contributed by atoms with Gasteiger partial charge in [-0.2, -0.15) is 0 Å². The average Bonchev–Trinajstić information content (AvgIpc) is 3.41. The van der Waals surface area contributed by atoms with E-state index < -0.39 is 18.3 Å². The maximum absolute atomic E-state index is 11.1. The van der Waals surface area contributed by atoms with Crippen LogP contribution in [0.1, 0.15) is 82.3 Å². The molecule has 5 heteroatoms. The van der Waals surface area contributed by atoms with Gasteiger partial charge >= 0.3 is 0 Å². The van der Waals surface area contributed by atoms with Crippen LogP contribution >= 0.6 is 11.3 Å². The molecule has 4 nitrogen and oxygen atoms in total. The number of nitrogens with zero attached hydrogens (tertiary/aromatic N) is 1. The van der Waals surface area contributed by atoms with Gasteiger partial charge in [0.25, 0.3) is 0 Å². The zero-order chi connectivity index (χ0) is 25.7. The van der Waals surface area contributed by atoms with E-state index in [1.54, 1.807) is 11.3 Å². The first-order valence-corrected chi connectivity index (χ1v) is 14.8. The van der Waals surface area contributed by atoms with Gasteiger partial charge in [-0.3, -0.25) is 0 Å². The van der Waals surface area contributed by atoms with E-state index in [-0.39, 0.29) is 10.8 Å². The molecule has 7 atom stereocenters. The van der Waals surface area contributed by atoms with Gasteiger partial charge < -0.3 is 15.3 Å². The van der Waals surface area contributed by atoms with Crippen molar-refractivity contribution < 1.29 is 15.3 Å². The summed E-state index contributed by atoms with van der Waals surface area (Å²) >= 11 is 1.69. The molecule has 0 spiro atoms. The fraction of sp³-hybridized carbons (Fsp3) is 0.645. The van der Waals surface area contributed by atoms with Crippen LogP contribution in [-0.4, -0.2) is 38.6 Å². The van der Waals surface area contributed by atoms with Crippen LogP contribution in [0.3, 0.4) is 0 Å². The molecule has 4 fully saturated rings. The van der Waals surface area contributed by atoms with Crippen LogP contribution in [0.2, 0.25) is 0 Å². The lowest BCUT2D eigenvalue weighted by Gasteiger charge is -2.44. The molecule has 0 aliphatic heterocycles. The van der Waals surface area contributed by atoms with E-state index in [9.17, 15) is 15.3 Å². The molecule has 0 saturated heterocycles. The molecular weight excluding hydrogens is 466 g/mol. The van der Waals surface area contributed by atoms with E-state index in [0.717, 1.165) is 41.1 Å². The van der Waals surface area contributed by atoms with Crippen molar-refractivity contribution in [2.45, 2.75) is 102 Å². The van der Waals surface area contributed by atoms with E-state index in [1.807, 2.05) is 6.92 Å². The molecule has 0 radical (unpaired) electrons. The summed E-state index contributed by atoms with van der Waals surface area (Å²) in [7, 11) is 0. The van der Waals surface area contributed by atoms with Crippen molar-refractivity contribution in [3.63, 3.8) is 0 Å². The maximum Gasteiger partial charge on any atom is 0.102 e. The molecule has 5 rings (SSSR count). The Balaban J connectivity index is 1.29. The molecular formula is C31H43NO3S. The maximum atomic E-state index is 11.1. The van der Waals surface area contributed by atoms with Crippen molar-refractivity contribution in [3.8, 4) is 0 Å². The summed E-state index contributed by atoms with van der Waals surface area (Å²) in [6.07, 6.45) is 16.2. The van der Waals surface area contributed by atoms with Crippen LogP contribution in [0.5, 0.6) is 0 Å². The minimum absolute atomic E-state index is 0.157. The van der Waals surface area contributed by atoms with Gasteiger partial charge in [-0.1, -0.05) is 50.3 Å². The molecule has 4 aliphatic rings. The predicted octanol–water partition coefficient (Wildman–Crippen LogP) is 6.18. The van der Waals surface area contributed by atoms with Crippen LogP contribution in [0.4, 0.5) is 0 Å². The van der Waals surface area contributed by atoms with Crippen molar-refractivity contribution in [1.82, 2.24) is 4.98 Å². The number of thiazole rings is 1. The van der Waals surface area contributed by atoms with Gasteiger partial charge in [0, 0.05) is 17.5 Å². The molecule has 4 saturated carbocycles. The Hall–Kier alpha value is -1.53. The van der Waals surface area contributed by atoms with E-state index in [2.05, 4.69) is 55.1 Å². The third-order valence-corrected chi connectivity index (χ3v) is 11.1. The molecule has 0 aromatic carbocycles. The first kappa shape index (κ1) is 26.1. The van der Waals surface area contributed by atoms with Crippen molar-refractivity contribution in [3.05, 3.63) is 63.7 Å². The summed E-state index contributed by atoms with van der Waals surface area (Å²) in [5.41, 5.74) is 4.43. The number of aryl methyl sites for hydroxylation is 1. The monoisotopic (exact) mass is 509 g/mol. The standard InChI is InChI=1S/C31H43NO3S/c1-19(7-12-28(35)31(14-15-31)29-32-20(2)18-36-29)25-10-11-26-22(6-5-13-30(25,26)4)8-9-23-16-24(33)17-27(34)21(23)3/h7-9,12,18-19,24-28,33-35H,3,5-6,10-11,13-17H2,1-2,4H3/t19-,24-,25-,26+,27+,28+,30-/m1/s1. The van der Waals surface area contributed by atoms with Gasteiger partial charge in [-0.15, -0.1) is 11.3 Å². The highest BCUT2D eigenvalue weighted by Gasteiger charge is 2.53. The first-order chi connectivity index (χ1) is 17.1. The Kier molecular flexibility index (Phi) is 7.23. The summed E-state index contributed by atoms with van der Waals surface area (Å²) < 4.78 is 0. The quantitative estimate of drug-likeness (QED) is 0.401. The van der Waals surface area contributed by atoms with E-state index >= 15 is 0 Å². The zero-order valence-electron chi connectivity index (χ0n) is 22.1. The molecule has 196 valence electrons. The SMILES string of the molecule is C=C1C(=CC=C2CCC[C@]3(C)[C@@H]([C@H](C)C=C[C@H](O)C4(c5nc(C)cs5)CC4)CC[C@@H]23)C[C@@H](O)C[C@@H]1O. The second kappa shape index (κ2) is 9.98. The number of rotatable bonds is 6. The molecule has 3 N–H and O–H groups in total. The molecule has 0 amide bonds. The summed E-state index contributed by atoms with van der Waals surface area (Å²) in [6.45, 7) is 10.9. The highest BCUT2D eigenvalue weighted by Crippen LogP contribution is 2.60. The number of aromatic nitrogens is 1. The van der Waals surface area contributed by atoms with Crippen LogP contribution in [0.15, 0.2) is 53.0 Å². The first-order valence-electron chi connectivity index (χ1n) is 13.9. The molecule has 1 heterocycles. The summed E-state index contributed by atoms with van der Waals surface area (Å²) in [5, 5.41) is 34.6. The lowest BCUT2D eigenvalue weighted by molar-refractivity contribution is 0.0862. The van der Waals surface area contributed by atoms with Crippen LogP contribution in [0.25, 0.3) is 0 Å². The van der Waals surface area contributed by atoms with Crippen molar-refractivity contribution in [1.29, 1.82) is 0 Å². The van der Waals surface area contributed by atoms with E-state index in [4.69, 9.17) is 0 Å². The Labute approximate surface area is 220 Å². The summed E-state index contributed by atoms with van der Waals surface area (Å²) in [4.78, 5) is 4.69. The van der Waals surface area contributed by atoms with Gasteiger partial charge in [0.1, 0.15) is 5.01 Å². The van der Waals surface area contributed by atoms with Crippen LogP contribution < -0.4 is 0 Å². The average molecular weight is 510 g/mol. The van der Waals surface area contributed by atoms with Crippen molar-refractivity contribution in [2.75, 3.05) is 0 Å². The largest absolute Gasteiger partial charge is 0.393 e. The van der Waals surface area contributed by atoms with Gasteiger partial charge in [-0.05, 0) is 92.6 Å². The molecule has 1 aromatic rings. The highest BCUT2D eigenvalue weighted by atomic mass is 32.1. The summed E-state index contributed by atoms with van der Waals surface area (Å²) in [5.74, 6) is 1.60. The molecule has 4 aliphatic carbocycles. The number of hydrogen-bond donors (Lipinski definition) is 3. The minimum atomic E-state index is -0.636. The fourth-order valence-corrected chi connectivity index (χ4v) is 8.65. The number of aliphatic hydroxyl groups excluding tert-OH is 3. The molecule has 36 heavy (non-hydrogen) atoms. The fourth-order valence-electron chi connectivity index (χ4n) is 7.56. The smallest absolute Gasteiger partial charge is 0.102 e. The van der Waals surface area contributed by atoms with E-state index in [0.29, 0.717) is 30.6 Å². The normalized spacial score (nSPS) is 38.0. The minimum Gasteiger partial charge on any atom is -0.393 e. The second-order valence-corrected chi connectivity index (χ2v) is 13.2. The van der Waals surface area contributed by atoms with E-state index in [1.165, 1.54) is 31.3 Å². The Bertz CT molecular complexity index is 1080. The Morgan fingerprint density at radius 2 is 1.94 bits per heavy atom. The number of aliphatic hydroxyl groups is 3. The molecule has 0 unspecified atom stereocenters. The lowest BCUT2D eigenvalue weighted by Crippen LogP contribution is -2.35. The molecule has 0 bridgehead atoms. The second-order valence-electron chi connectivity index (χ2n) is 12.3. The Morgan fingerprint density at radius 3 is 2.64 bits per heavy atom. The third-order valence-electron chi connectivity index (χ3n) is 9.93. The van der Waals surface area contributed by atoms with Crippen LogP contribution in [0, 0.1) is 30.1 Å². The van der Waals surface area contributed by atoms with Gasteiger partial charge in [0.05, 0.1) is 23.7 Å². The highest BCUT2D eigenvalue weighted by molar-refractivity contribution is 7.09.